The molecule has 1 aromatic carbocycles. The topological polar surface area (TPSA) is 73.0 Å². The van der Waals surface area contributed by atoms with Gasteiger partial charge in [-0.25, -0.2) is 0 Å². The number of nitrogens with one attached hydrogen (secondary N) is 1. The molecule has 1 N–H and O–H groups in total. The van der Waals surface area contributed by atoms with Gasteiger partial charge >= 0.3 is 0 Å². The van der Waals surface area contributed by atoms with E-state index >= 15 is 0 Å². The molecular weight excluding hydrogens is 396 g/mol. The van der Waals surface area contributed by atoms with Gasteiger partial charge in [-0.05, 0) is 36.8 Å². The summed E-state index contributed by atoms with van der Waals surface area (Å²) in [5.41, 5.74) is 2.51. The maximum Gasteiger partial charge on any atom is 0.292 e. The SMILES string of the molecule is Cc1c(C(=O)Nc2ccn(Cc3cccnc3)n2)oc2ccc(Br)cc12. The lowest BCUT2D eigenvalue weighted by atomic mass is 10.1. The summed E-state index contributed by atoms with van der Waals surface area (Å²) in [6.45, 7) is 2.45. The molecule has 26 heavy (non-hydrogen) atoms. The average Bonchev–Trinajstić information content (AvgIpc) is 3.20. The summed E-state index contributed by atoms with van der Waals surface area (Å²) in [5.74, 6) is 0.446. The zero-order valence-corrected chi connectivity index (χ0v) is 15.5. The summed E-state index contributed by atoms with van der Waals surface area (Å²) in [6.07, 6.45) is 5.33. The van der Waals surface area contributed by atoms with Gasteiger partial charge in [-0.2, -0.15) is 5.10 Å². The van der Waals surface area contributed by atoms with E-state index in [1.165, 1.54) is 0 Å². The Morgan fingerprint density at radius 2 is 2.19 bits per heavy atom. The molecule has 0 saturated heterocycles. The van der Waals surface area contributed by atoms with Gasteiger partial charge in [0, 0.05) is 40.1 Å². The second-order valence-corrected chi connectivity index (χ2v) is 6.83. The number of nitrogens with zero attached hydrogens (tertiary/aromatic N) is 3. The van der Waals surface area contributed by atoms with Gasteiger partial charge in [-0.15, -0.1) is 0 Å². The summed E-state index contributed by atoms with van der Waals surface area (Å²) in [6, 6.07) is 11.3. The Bertz CT molecular complexity index is 1090. The van der Waals surface area contributed by atoms with E-state index in [9.17, 15) is 4.79 Å². The van der Waals surface area contributed by atoms with Gasteiger partial charge in [0.2, 0.25) is 0 Å². The second-order valence-electron chi connectivity index (χ2n) is 5.91. The third-order valence-electron chi connectivity index (χ3n) is 4.05. The zero-order valence-electron chi connectivity index (χ0n) is 13.9. The van der Waals surface area contributed by atoms with Crippen molar-refractivity contribution in [2.24, 2.45) is 0 Å². The number of amides is 1. The highest BCUT2D eigenvalue weighted by atomic mass is 79.9. The fraction of sp³-hybridized carbons (Fsp3) is 0.105. The molecule has 7 heteroatoms. The molecule has 3 aromatic heterocycles. The Balaban J connectivity index is 1.53. The summed E-state index contributed by atoms with van der Waals surface area (Å²) >= 11 is 3.44. The van der Waals surface area contributed by atoms with Crippen molar-refractivity contribution in [1.29, 1.82) is 0 Å². The number of carbonyl (C=O) groups excluding carboxylic acids is 1. The highest BCUT2D eigenvalue weighted by molar-refractivity contribution is 9.10. The average molecular weight is 411 g/mol. The molecule has 4 aromatic rings. The van der Waals surface area contributed by atoms with E-state index in [1.807, 2.05) is 43.5 Å². The molecule has 0 unspecified atom stereocenters. The molecule has 0 aliphatic carbocycles. The van der Waals surface area contributed by atoms with Gasteiger partial charge in [0.05, 0.1) is 6.54 Å². The summed E-state index contributed by atoms with van der Waals surface area (Å²) in [4.78, 5) is 16.7. The number of anilines is 1. The fourth-order valence-electron chi connectivity index (χ4n) is 2.78. The number of pyridine rings is 1. The minimum absolute atomic E-state index is 0.292. The number of aromatic nitrogens is 3. The number of halogens is 1. The predicted octanol–water partition coefficient (Wildman–Crippen LogP) is 4.40. The zero-order chi connectivity index (χ0) is 18.1. The number of rotatable bonds is 4. The van der Waals surface area contributed by atoms with E-state index < -0.39 is 0 Å². The van der Waals surface area contributed by atoms with Gasteiger partial charge in [0.15, 0.2) is 11.6 Å². The number of fused-ring (bicyclic) bond motifs is 1. The smallest absolute Gasteiger partial charge is 0.292 e. The maximum absolute atomic E-state index is 12.6. The molecule has 6 nitrogen and oxygen atoms in total. The molecule has 4 rings (SSSR count). The van der Waals surface area contributed by atoms with Crippen molar-refractivity contribution in [2.75, 3.05) is 5.32 Å². The number of benzene rings is 1. The van der Waals surface area contributed by atoms with Crippen LogP contribution in [-0.4, -0.2) is 20.7 Å². The van der Waals surface area contributed by atoms with Crippen LogP contribution in [0.25, 0.3) is 11.0 Å². The van der Waals surface area contributed by atoms with Gasteiger partial charge < -0.3 is 9.73 Å². The van der Waals surface area contributed by atoms with Crippen LogP contribution in [0.4, 0.5) is 5.82 Å². The number of furan rings is 1. The van der Waals surface area contributed by atoms with Crippen molar-refractivity contribution in [2.45, 2.75) is 13.5 Å². The molecule has 0 bridgehead atoms. The third-order valence-corrected chi connectivity index (χ3v) is 4.55. The van der Waals surface area contributed by atoms with Crippen molar-refractivity contribution in [3.63, 3.8) is 0 Å². The molecule has 0 aliphatic rings. The first-order valence-electron chi connectivity index (χ1n) is 8.02. The van der Waals surface area contributed by atoms with Gasteiger partial charge in [-0.1, -0.05) is 22.0 Å². The lowest BCUT2D eigenvalue weighted by Crippen LogP contribution is -2.13. The molecule has 130 valence electrons. The van der Waals surface area contributed by atoms with E-state index in [-0.39, 0.29) is 5.91 Å². The summed E-state index contributed by atoms with van der Waals surface area (Å²) < 4.78 is 8.40. The first-order valence-corrected chi connectivity index (χ1v) is 8.82. The van der Waals surface area contributed by atoms with Crippen LogP contribution in [0.15, 0.2) is 63.9 Å². The minimum Gasteiger partial charge on any atom is -0.451 e. The molecule has 0 atom stereocenters. The number of carbonyl (C=O) groups is 1. The monoisotopic (exact) mass is 410 g/mol. The van der Waals surface area contributed by atoms with Crippen LogP contribution in [0.2, 0.25) is 0 Å². The van der Waals surface area contributed by atoms with E-state index in [0.717, 1.165) is 21.0 Å². The van der Waals surface area contributed by atoms with E-state index in [4.69, 9.17) is 4.42 Å². The van der Waals surface area contributed by atoms with Crippen LogP contribution in [0.5, 0.6) is 0 Å². The molecule has 1 amide bonds. The first kappa shape index (κ1) is 16.5. The Labute approximate surface area is 158 Å². The quantitative estimate of drug-likeness (QED) is 0.541. The minimum atomic E-state index is -0.318. The van der Waals surface area contributed by atoms with Gasteiger partial charge in [-0.3, -0.25) is 14.5 Å². The van der Waals surface area contributed by atoms with Crippen LogP contribution in [-0.2, 0) is 6.54 Å². The summed E-state index contributed by atoms with van der Waals surface area (Å²) in [7, 11) is 0. The summed E-state index contributed by atoms with van der Waals surface area (Å²) in [5, 5.41) is 8.07. The first-order chi connectivity index (χ1) is 12.6. The molecule has 0 radical (unpaired) electrons. The van der Waals surface area contributed by atoms with E-state index in [1.54, 1.807) is 23.1 Å². The largest absolute Gasteiger partial charge is 0.451 e. The maximum atomic E-state index is 12.6. The van der Waals surface area contributed by atoms with Crippen LogP contribution in [0.3, 0.4) is 0 Å². The second kappa shape index (κ2) is 6.76. The normalized spacial score (nSPS) is 11.0. The standard InChI is InChI=1S/C19H15BrN4O2/c1-12-15-9-14(20)4-5-16(15)26-18(12)19(25)22-17-6-8-24(23-17)11-13-3-2-7-21-10-13/h2-10H,11H2,1H3,(H,22,23,25). The number of hydrogen-bond donors (Lipinski definition) is 1. The molecule has 0 fully saturated rings. The highest BCUT2D eigenvalue weighted by Crippen LogP contribution is 2.28. The van der Waals surface area contributed by atoms with Gasteiger partial charge in [0.25, 0.3) is 5.91 Å². The lowest BCUT2D eigenvalue weighted by Gasteiger charge is -2.02. The third kappa shape index (κ3) is 3.25. The van der Waals surface area contributed by atoms with Gasteiger partial charge in [0.1, 0.15) is 5.58 Å². The number of hydrogen-bond acceptors (Lipinski definition) is 4. The molecule has 3 heterocycles. The van der Waals surface area contributed by atoms with Crippen molar-refractivity contribution >= 4 is 38.6 Å². The van der Waals surface area contributed by atoms with E-state index in [2.05, 4.69) is 31.3 Å². The number of aryl methyl sites for hydroxylation is 1. The van der Waals surface area contributed by atoms with Crippen molar-refractivity contribution in [1.82, 2.24) is 14.8 Å². The lowest BCUT2D eigenvalue weighted by molar-refractivity contribution is 0.0997. The molecule has 0 spiro atoms. The molecular formula is C19H15BrN4O2. The fourth-order valence-corrected chi connectivity index (χ4v) is 3.14. The highest BCUT2D eigenvalue weighted by Gasteiger charge is 2.18. The van der Waals surface area contributed by atoms with Crippen molar-refractivity contribution < 1.29 is 9.21 Å². The van der Waals surface area contributed by atoms with Crippen LogP contribution in [0.1, 0.15) is 21.7 Å². The Hall–Kier alpha value is -2.93. The van der Waals surface area contributed by atoms with Crippen molar-refractivity contribution in [3.8, 4) is 0 Å². The Morgan fingerprint density at radius 1 is 1.31 bits per heavy atom. The van der Waals surface area contributed by atoms with Crippen molar-refractivity contribution in [3.05, 3.63) is 76.3 Å². The van der Waals surface area contributed by atoms with E-state index in [0.29, 0.717) is 23.7 Å². The Morgan fingerprint density at radius 3 is 3.00 bits per heavy atom. The van der Waals surface area contributed by atoms with Crippen LogP contribution < -0.4 is 5.32 Å². The molecule has 0 aliphatic heterocycles. The molecule has 0 saturated carbocycles. The van der Waals surface area contributed by atoms with Crippen LogP contribution >= 0.6 is 15.9 Å². The predicted molar refractivity (Wildman–Crippen MR) is 102 cm³/mol. The Kier molecular flexibility index (Phi) is 4.30. The van der Waals surface area contributed by atoms with Crippen LogP contribution in [0, 0.1) is 6.92 Å².